The molecule has 0 aliphatic carbocycles. The Morgan fingerprint density at radius 1 is 1.02 bits per heavy atom. The van der Waals surface area contributed by atoms with Gasteiger partial charge in [0, 0.05) is 28.2 Å². The molecule has 3 aromatic carbocycles. The SMILES string of the molecule is C=Cc1ccc2[nH]c3c(c2c1)CCN(C(=O)Oc1ccc(Cl)cc1)C3c1ccc(OCC2CCN(C)CC2)cc1. The van der Waals surface area contributed by atoms with Gasteiger partial charge >= 0.3 is 6.09 Å². The smallest absolute Gasteiger partial charge is 0.416 e. The molecular formula is C33H34ClN3O3. The van der Waals surface area contributed by atoms with Gasteiger partial charge in [0.1, 0.15) is 17.5 Å². The van der Waals surface area contributed by atoms with Crippen LogP contribution in [-0.2, 0) is 6.42 Å². The summed E-state index contributed by atoms with van der Waals surface area (Å²) in [4.78, 5) is 21.3. The van der Waals surface area contributed by atoms with Crippen LogP contribution in [0.5, 0.6) is 11.5 Å². The van der Waals surface area contributed by atoms with Crippen LogP contribution in [0.25, 0.3) is 17.0 Å². The zero-order valence-corrected chi connectivity index (χ0v) is 23.5. The second kappa shape index (κ2) is 11.4. The topological polar surface area (TPSA) is 57.8 Å². The highest BCUT2D eigenvalue weighted by atomic mass is 35.5. The van der Waals surface area contributed by atoms with Gasteiger partial charge in [-0.15, -0.1) is 0 Å². The molecule has 0 radical (unpaired) electrons. The molecule has 40 heavy (non-hydrogen) atoms. The monoisotopic (exact) mass is 555 g/mol. The van der Waals surface area contributed by atoms with E-state index in [2.05, 4.69) is 53.8 Å². The minimum Gasteiger partial charge on any atom is -0.493 e. The molecule has 1 fully saturated rings. The third kappa shape index (κ3) is 5.47. The molecule has 1 unspecified atom stereocenters. The van der Waals surface area contributed by atoms with E-state index in [1.807, 2.05) is 18.2 Å². The molecule has 0 saturated carbocycles. The van der Waals surface area contributed by atoms with Crippen molar-refractivity contribution in [3.05, 3.63) is 101 Å². The first-order chi connectivity index (χ1) is 19.5. The van der Waals surface area contributed by atoms with Gasteiger partial charge in [0.15, 0.2) is 0 Å². The van der Waals surface area contributed by atoms with Crippen molar-refractivity contribution in [3.63, 3.8) is 0 Å². The second-order valence-corrected chi connectivity index (χ2v) is 11.3. The number of piperidine rings is 1. The van der Waals surface area contributed by atoms with E-state index in [-0.39, 0.29) is 6.04 Å². The van der Waals surface area contributed by atoms with Crippen LogP contribution in [0.3, 0.4) is 0 Å². The summed E-state index contributed by atoms with van der Waals surface area (Å²) in [7, 11) is 2.17. The Morgan fingerprint density at radius 3 is 2.48 bits per heavy atom. The van der Waals surface area contributed by atoms with Crippen molar-refractivity contribution >= 4 is 34.7 Å². The minimum atomic E-state index is -0.397. The fraction of sp³-hybridized carbons (Fsp3) is 0.303. The van der Waals surface area contributed by atoms with E-state index in [9.17, 15) is 4.79 Å². The first kappa shape index (κ1) is 26.5. The average Bonchev–Trinajstić information content (AvgIpc) is 3.35. The number of nitrogens with one attached hydrogen (secondary N) is 1. The van der Waals surface area contributed by atoms with Gasteiger partial charge in [-0.2, -0.15) is 0 Å². The van der Waals surface area contributed by atoms with Crippen molar-refractivity contribution in [3.8, 4) is 11.5 Å². The molecule has 1 saturated heterocycles. The van der Waals surface area contributed by atoms with Crippen LogP contribution in [0.2, 0.25) is 5.02 Å². The molecule has 1 atom stereocenters. The Balaban J connectivity index is 1.29. The van der Waals surface area contributed by atoms with Crippen molar-refractivity contribution in [2.45, 2.75) is 25.3 Å². The summed E-state index contributed by atoms with van der Waals surface area (Å²) in [5.74, 6) is 1.90. The van der Waals surface area contributed by atoms with Crippen LogP contribution in [0.4, 0.5) is 4.79 Å². The quantitative estimate of drug-likeness (QED) is 0.270. The Kier molecular flexibility index (Phi) is 7.55. The van der Waals surface area contributed by atoms with E-state index < -0.39 is 6.09 Å². The number of benzene rings is 3. The molecule has 7 heteroatoms. The van der Waals surface area contributed by atoms with Crippen molar-refractivity contribution in [2.24, 2.45) is 5.92 Å². The molecule has 1 aromatic heterocycles. The molecule has 1 amide bonds. The normalized spacial score (nSPS) is 17.9. The number of likely N-dealkylation sites (tertiary alicyclic amines) is 1. The number of carbonyl (C=O) groups is 1. The summed E-state index contributed by atoms with van der Waals surface area (Å²) in [6, 6.07) is 21.0. The molecule has 2 aliphatic rings. The third-order valence-corrected chi connectivity index (χ3v) is 8.41. The van der Waals surface area contributed by atoms with E-state index in [1.165, 1.54) is 10.9 Å². The van der Waals surface area contributed by atoms with Crippen LogP contribution < -0.4 is 9.47 Å². The highest BCUT2D eigenvalue weighted by Gasteiger charge is 2.36. The van der Waals surface area contributed by atoms with Gasteiger partial charge in [-0.1, -0.05) is 42.5 Å². The molecule has 2 aliphatic heterocycles. The number of amides is 1. The number of carbonyl (C=O) groups excluding carboxylic acids is 1. The standard InChI is InChI=1S/C33H34ClN3O3/c1-3-22-4-13-30-29(20-22)28-16-19-37(33(38)40-27-11-7-25(34)8-12-27)32(31(28)35-30)24-5-9-26(10-6-24)39-21-23-14-17-36(2)18-15-23/h3-13,20,23,32,35H,1,14-19,21H2,2H3. The molecule has 0 bridgehead atoms. The number of hydrogen-bond donors (Lipinski definition) is 1. The number of ether oxygens (including phenoxy) is 2. The lowest BCUT2D eigenvalue weighted by atomic mass is 9.92. The zero-order valence-electron chi connectivity index (χ0n) is 22.7. The number of halogens is 1. The third-order valence-electron chi connectivity index (χ3n) is 8.16. The molecule has 4 aromatic rings. The number of hydrogen-bond acceptors (Lipinski definition) is 4. The maximum atomic E-state index is 13.5. The summed E-state index contributed by atoms with van der Waals surface area (Å²) in [5, 5.41) is 1.76. The van der Waals surface area contributed by atoms with Crippen molar-refractivity contribution < 1.29 is 14.3 Å². The lowest BCUT2D eigenvalue weighted by Gasteiger charge is -2.35. The lowest BCUT2D eigenvalue weighted by molar-refractivity contribution is 0.135. The number of aromatic amines is 1. The van der Waals surface area contributed by atoms with Gasteiger partial charge in [0.25, 0.3) is 0 Å². The average molecular weight is 556 g/mol. The van der Waals surface area contributed by atoms with Crippen LogP contribution in [0, 0.1) is 5.92 Å². The zero-order chi connectivity index (χ0) is 27.6. The summed E-state index contributed by atoms with van der Waals surface area (Å²) in [5.41, 5.74) is 5.35. The molecule has 6 nitrogen and oxygen atoms in total. The van der Waals surface area contributed by atoms with Gasteiger partial charge in [-0.3, -0.25) is 4.90 Å². The second-order valence-electron chi connectivity index (χ2n) is 10.8. The van der Waals surface area contributed by atoms with Crippen LogP contribution in [0.15, 0.2) is 73.3 Å². The number of nitrogens with zero attached hydrogens (tertiary/aromatic N) is 2. The number of rotatable bonds is 6. The molecule has 1 N–H and O–H groups in total. The number of H-pyrrole nitrogens is 1. The Bertz CT molecular complexity index is 1500. The summed E-state index contributed by atoms with van der Waals surface area (Å²) < 4.78 is 12.0. The Labute approximate surface area is 240 Å². The maximum Gasteiger partial charge on any atom is 0.416 e. The van der Waals surface area contributed by atoms with Gasteiger partial charge < -0.3 is 19.4 Å². The highest BCUT2D eigenvalue weighted by molar-refractivity contribution is 6.30. The fourth-order valence-electron chi connectivity index (χ4n) is 5.83. The van der Waals surface area contributed by atoms with E-state index in [4.69, 9.17) is 21.1 Å². The van der Waals surface area contributed by atoms with Gasteiger partial charge in [-0.05, 0) is 111 Å². The van der Waals surface area contributed by atoms with Crippen molar-refractivity contribution in [1.82, 2.24) is 14.8 Å². The number of fused-ring (bicyclic) bond motifs is 3. The van der Waals surface area contributed by atoms with Gasteiger partial charge in [0.2, 0.25) is 0 Å². The van der Waals surface area contributed by atoms with Crippen molar-refractivity contribution in [1.29, 1.82) is 0 Å². The molecule has 0 spiro atoms. The minimum absolute atomic E-state index is 0.328. The van der Waals surface area contributed by atoms with E-state index >= 15 is 0 Å². The summed E-state index contributed by atoms with van der Waals surface area (Å²) in [6.07, 6.45) is 4.51. The molecule has 206 valence electrons. The lowest BCUT2D eigenvalue weighted by Crippen LogP contribution is -2.42. The van der Waals surface area contributed by atoms with E-state index in [0.29, 0.717) is 23.2 Å². The molecule has 3 heterocycles. The summed E-state index contributed by atoms with van der Waals surface area (Å²) >= 11 is 6.03. The predicted octanol–water partition coefficient (Wildman–Crippen LogP) is 7.33. The maximum absolute atomic E-state index is 13.5. The number of aromatic nitrogens is 1. The molecular weight excluding hydrogens is 522 g/mol. The van der Waals surface area contributed by atoms with Gasteiger partial charge in [0.05, 0.1) is 6.61 Å². The Hall–Kier alpha value is -3.74. The van der Waals surface area contributed by atoms with Gasteiger partial charge in [-0.25, -0.2) is 4.79 Å². The van der Waals surface area contributed by atoms with Crippen LogP contribution >= 0.6 is 11.6 Å². The summed E-state index contributed by atoms with van der Waals surface area (Å²) in [6.45, 7) is 7.44. The van der Waals surface area contributed by atoms with Crippen molar-refractivity contribution in [2.75, 3.05) is 33.3 Å². The Morgan fingerprint density at radius 2 is 1.75 bits per heavy atom. The first-order valence-corrected chi connectivity index (χ1v) is 14.3. The van der Waals surface area contributed by atoms with E-state index in [0.717, 1.165) is 67.0 Å². The highest BCUT2D eigenvalue weighted by Crippen LogP contribution is 2.39. The molecule has 6 rings (SSSR count). The van der Waals surface area contributed by atoms with E-state index in [1.54, 1.807) is 29.2 Å². The largest absolute Gasteiger partial charge is 0.493 e. The van der Waals surface area contributed by atoms with Crippen LogP contribution in [-0.4, -0.2) is 54.2 Å². The van der Waals surface area contributed by atoms with Crippen LogP contribution in [0.1, 0.15) is 41.3 Å². The predicted molar refractivity (Wildman–Crippen MR) is 160 cm³/mol. The fourth-order valence-corrected chi connectivity index (χ4v) is 5.95. The first-order valence-electron chi connectivity index (χ1n) is 13.9.